The Labute approximate surface area is 193 Å². The Balaban J connectivity index is 1.32. The minimum atomic E-state index is 0.00816. The number of carbonyl (C=O) groups is 2. The van der Waals surface area contributed by atoms with E-state index in [-0.39, 0.29) is 11.8 Å². The van der Waals surface area contributed by atoms with Crippen LogP contribution in [-0.4, -0.2) is 45.9 Å². The van der Waals surface area contributed by atoms with Crippen LogP contribution in [0.25, 0.3) is 11.0 Å². The van der Waals surface area contributed by atoms with Gasteiger partial charge in [-0.1, -0.05) is 37.5 Å². The van der Waals surface area contributed by atoms with Crippen molar-refractivity contribution in [2.24, 2.45) is 0 Å². The molecule has 1 fully saturated rings. The standard InChI is InChI=1S/C25H32N4O2S/c30-24(28-16-8-1-2-9-17-28)19-29-21-12-6-5-11-20(21)27-23(29)14-4-3-7-15-26-25(31)22-13-10-18-32-22/h5-6,10-13,18H,1-4,7-9,14-17,19H2,(H,26,31). The molecule has 6 nitrogen and oxygen atoms in total. The highest BCUT2D eigenvalue weighted by atomic mass is 32.1. The number of imidazole rings is 1. The lowest BCUT2D eigenvalue weighted by Crippen LogP contribution is -2.34. The molecule has 0 unspecified atom stereocenters. The van der Waals surface area contributed by atoms with Crippen molar-refractivity contribution < 1.29 is 9.59 Å². The van der Waals surface area contributed by atoms with Crippen LogP contribution < -0.4 is 5.32 Å². The van der Waals surface area contributed by atoms with Gasteiger partial charge in [-0.05, 0) is 49.3 Å². The average Bonchev–Trinajstić information content (AvgIpc) is 3.37. The summed E-state index contributed by atoms with van der Waals surface area (Å²) in [6.45, 7) is 2.79. The number of hydrogen-bond donors (Lipinski definition) is 1. The molecule has 1 N–H and O–H groups in total. The number of benzene rings is 1. The van der Waals surface area contributed by atoms with E-state index < -0.39 is 0 Å². The van der Waals surface area contributed by atoms with Crippen LogP contribution in [0.15, 0.2) is 41.8 Å². The van der Waals surface area contributed by atoms with Gasteiger partial charge in [-0.15, -0.1) is 11.3 Å². The van der Waals surface area contributed by atoms with Crippen molar-refractivity contribution in [3.8, 4) is 0 Å². The fourth-order valence-electron chi connectivity index (χ4n) is 4.33. The van der Waals surface area contributed by atoms with E-state index in [0.29, 0.717) is 13.1 Å². The van der Waals surface area contributed by atoms with Gasteiger partial charge in [0.15, 0.2) is 0 Å². The van der Waals surface area contributed by atoms with E-state index in [1.165, 1.54) is 24.2 Å². The second-order valence-electron chi connectivity index (χ2n) is 8.44. The topological polar surface area (TPSA) is 67.2 Å². The van der Waals surface area contributed by atoms with E-state index in [2.05, 4.69) is 16.0 Å². The fraction of sp³-hybridized carbons (Fsp3) is 0.480. The molecule has 7 heteroatoms. The Kier molecular flexibility index (Phi) is 7.93. The number of aromatic nitrogens is 2. The third-order valence-corrected chi connectivity index (χ3v) is 6.96. The van der Waals surface area contributed by atoms with Gasteiger partial charge in [0, 0.05) is 26.1 Å². The van der Waals surface area contributed by atoms with E-state index in [0.717, 1.165) is 73.3 Å². The molecule has 32 heavy (non-hydrogen) atoms. The van der Waals surface area contributed by atoms with Gasteiger partial charge >= 0.3 is 0 Å². The second kappa shape index (κ2) is 11.3. The molecule has 0 radical (unpaired) electrons. The van der Waals surface area contributed by atoms with E-state index in [9.17, 15) is 9.59 Å². The second-order valence-corrected chi connectivity index (χ2v) is 9.39. The maximum Gasteiger partial charge on any atom is 0.261 e. The van der Waals surface area contributed by atoms with E-state index in [4.69, 9.17) is 4.98 Å². The summed E-state index contributed by atoms with van der Waals surface area (Å²) in [7, 11) is 0. The number of likely N-dealkylation sites (tertiary alicyclic amines) is 1. The summed E-state index contributed by atoms with van der Waals surface area (Å²) in [6.07, 6.45) is 8.40. The lowest BCUT2D eigenvalue weighted by atomic mass is 10.2. The Morgan fingerprint density at radius 2 is 1.78 bits per heavy atom. The molecule has 0 spiro atoms. The first-order valence-electron chi connectivity index (χ1n) is 11.8. The number of nitrogens with zero attached hydrogens (tertiary/aromatic N) is 3. The first-order chi connectivity index (χ1) is 15.7. The summed E-state index contributed by atoms with van der Waals surface area (Å²) in [6, 6.07) is 11.8. The van der Waals surface area contributed by atoms with Gasteiger partial charge in [-0.25, -0.2) is 4.98 Å². The number of para-hydroxylation sites is 2. The van der Waals surface area contributed by atoms with E-state index in [1.54, 1.807) is 0 Å². The lowest BCUT2D eigenvalue weighted by molar-refractivity contribution is -0.131. The summed E-state index contributed by atoms with van der Waals surface area (Å²) in [5.41, 5.74) is 1.99. The molecule has 1 aromatic carbocycles. The summed E-state index contributed by atoms with van der Waals surface area (Å²) < 4.78 is 2.11. The lowest BCUT2D eigenvalue weighted by Gasteiger charge is -2.21. The van der Waals surface area contributed by atoms with Crippen molar-refractivity contribution >= 4 is 34.2 Å². The van der Waals surface area contributed by atoms with Crippen molar-refractivity contribution in [2.75, 3.05) is 19.6 Å². The molecule has 1 aliphatic heterocycles. The van der Waals surface area contributed by atoms with Gasteiger partial charge in [0.1, 0.15) is 12.4 Å². The Morgan fingerprint density at radius 1 is 0.969 bits per heavy atom. The van der Waals surface area contributed by atoms with Crippen molar-refractivity contribution in [2.45, 2.75) is 57.9 Å². The maximum absolute atomic E-state index is 13.0. The monoisotopic (exact) mass is 452 g/mol. The number of unbranched alkanes of at least 4 members (excludes halogenated alkanes) is 2. The maximum atomic E-state index is 13.0. The van der Waals surface area contributed by atoms with Crippen LogP contribution in [0, 0.1) is 0 Å². The van der Waals surface area contributed by atoms with Gasteiger partial charge in [0.05, 0.1) is 15.9 Å². The van der Waals surface area contributed by atoms with Crippen LogP contribution in [0.3, 0.4) is 0 Å². The van der Waals surface area contributed by atoms with Gasteiger partial charge in [-0.3, -0.25) is 9.59 Å². The van der Waals surface area contributed by atoms with Crippen LogP contribution in [0.5, 0.6) is 0 Å². The number of fused-ring (bicyclic) bond motifs is 1. The quantitative estimate of drug-likeness (QED) is 0.481. The number of amides is 2. The van der Waals surface area contributed by atoms with E-state index >= 15 is 0 Å². The fourth-order valence-corrected chi connectivity index (χ4v) is 4.97. The van der Waals surface area contributed by atoms with E-state index in [1.807, 2.05) is 40.6 Å². The molecule has 4 rings (SSSR count). The number of carbonyl (C=O) groups excluding carboxylic acids is 2. The number of aryl methyl sites for hydroxylation is 1. The minimum Gasteiger partial charge on any atom is -0.351 e. The third-order valence-electron chi connectivity index (χ3n) is 6.09. The summed E-state index contributed by atoms with van der Waals surface area (Å²) >= 11 is 1.46. The summed E-state index contributed by atoms with van der Waals surface area (Å²) in [5.74, 6) is 1.19. The van der Waals surface area contributed by atoms with Gasteiger partial charge in [0.2, 0.25) is 5.91 Å². The average molecular weight is 453 g/mol. The van der Waals surface area contributed by atoms with Gasteiger partial charge in [0.25, 0.3) is 5.91 Å². The molecule has 170 valence electrons. The van der Waals surface area contributed by atoms with Crippen molar-refractivity contribution in [1.82, 2.24) is 19.8 Å². The molecule has 2 amide bonds. The highest BCUT2D eigenvalue weighted by Crippen LogP contribution is 2.19. The molecule has 2 aromatic heterocycles. The molecular weight excluding hydrogens is 420 g/mol. The molecule has 1 aliphatic rings. The third kappa shape index (κ3) is 5.76. The molecule has 0 atom stereocenters. The van der Waals surface area contributed by atoms with Crippen molar-refractivity contribution in [3.63, 3.8) is 0 Å². The number of rotatable bonds is 9. The molecule has 3 heterocycles. The zero-order chi connectivity index (χ0) is 22.2. The highest BCUT2D eigenvalue weighted by molar-refractivity contribution is 7.12. The predicted octanol–water partition coefficient (Wildman–Crippen LogP) is 4.64. The zero-order valence-electron chi connectivity index (χ0n) is 18.6. The number of thiophene rings is 1. The zero-order valence-corrected chi connectivity index (χ0v) is 19.4. The van der Waals surface area contributed by atoms with Crippen LogP contribution in [0.4, 0.5) is 0 Å². The largest absolute Gasteiger partial charge is 0.351 e. The van der Waals surface area contributed by atoms with Crippen molar-refractivity contribution in [3.05, 3.63) is 52.5 Å². The Bertz CT molecular complexity index is 1020. The van der Waals surface area contributed by atoms with Crippen LogP contribution in [-0.2, 0) is 17.8 Å². The smallest absolute Gasteiger partial charge is 0.261 e. The highest BCUT2D eigenvalue weighted by Gasteiger charge is 2.19. The van der Waals surface area contributed by atoms with Crippen LogP contribution >= 0.6 is 11.3 Å². The molecule has 0 saturated carbocycles. The summed E-state index contributed by atoms with van der Waals surface area (Å²) in [5, 5.41) is 4.90. The van der Waals surface area contributed by atoms with Crippen LogP contribution in [0.1, 0.15) is 60.4 Å². The van der Waals surface area contributed by atoms with Crippen LogP contribution in [0.2, 0.25) is 0 Å². The predicted molar refractivity (Wildman–Crippen MR) is 129 cm³/mol. The van der Waals surface area contributed by atoms with Crippen molar-refractivity contribution in [1.29, 1.82) is 0 Å². The van der Waals surface area contributed by atoms with Gasteiger partial charge in [-0.2, -0.15) is 0 Å². The summed E-state index contributed by atoms with van der Waals surface area (Å²) in [4.78, 5) is 32.7. The minimum absolute atomic E-state index is 0.00816. The molecule has 3 aromatic rings. The first kappa shape index (κ1) is 22.5. The molecule has 0 bridgehead atoms. The normalized spacial score (nSPS) is 14.4. The number of hydrogen-bond acceptors (Lipinski definition) is 4. The molecular formula is C25H32N4O2S. The molecule has 1 saturated heterocycles. The Hall–Kier alpha value is -2.67. The SMILES string of the molecule is O=C(NCCCCCc1nc2ccccc2n1CC(=O)N1CCCCCC1)c1cccs1. The Morgan fingerprint density at radius 3 is 2.56 bits per heavy atom. The number of nitrogens with one attached hydrogen (secondary N) is 1. The first-order valence-corrected chi connectivity index (χ1v) is 12.6. The van der Waals surface area contributed by atoms with Gasteiger partial charge < -0.3 is 14.8 Å². The molecule has 0 aliphatic carbocycles.